The van der Waals surface area contributed by atoms with Gasteiger partial charge in [-0.1, -0.05) is 52.8 Å². The number of anilines is 1. The molecule has 34 heavy (non-hydrogen) atoms. The van der Waals surface area contributed by atoms with E-state index in [2.05, 4.69) is 4.98 Å². The maximum absolute atomic E-state index is 13.3. The average Bonchev–Trinajstić information content (AvgIpc) is 3.31. The van der Waals surface area contributed by atoms with Crippen LogP contribution < -0.4 is 4.90 Å². The van der Waals surface area contributed by atoms with Crippen molar-refractivity contribution in [2.45, 2.75) is 26.8 Å². The van der Waals surface area contributed by atoms with Gasteiger partial charge in [-0.15, -0.1) is 0 Å². The van der Waals surface area contributed by atoms with Crippen molar-refractivity contribution in [1.29, 1.82) is 0 Å². The molecule has 1 atom stereocenters. The van der Waals surface area contributed by atoms with Gasteiger partial charge in [0.25, 0.3) is 5.78 Å². The van der Waals surface area contributed by atoms with Gasteiger partial charge in [-0.05, 0) is 50.1 Å². The van der Waals surface area contributed by atoms with Crippen LogP contribution in [0.5, 0.6) is 0 Å². The summed E-state index contributed by atoms with van der Waals surface area (Å²) >= 11 is 7.17. The minimum atomic E-state index is -0.991. The van der Waals surface area contributed by atoms with Crippen LogP contribution in [0.3, 0.4) is 0 Å². The Balaban J connectivity index is 1.98. The Hall–Kier alpha value is -3.49. The normalized spacial score (nSPS) is 17.3. The van der Waals surface area contributed by atoms with Gasteiger partial charge in [0.15, 0.2) is 5.13 Å². The molecular weight excluding hydrogens is 476 g/mol. The SMILES string of the molecule is COC(=O)c1sc(N2C(=O)C(=O)/C(=C(/O)c3cc(C)ccc3C)C2c2cccc(Cl)c2)nc1C. The molecule has 1 N–H and O–H groups in total. The van der Waals surface area contributed by atoms with E-state index in [1.807, 2.05) is 26.0 Å². The first kappa shape index (κ1) is 23.7. The molecule has 1 aliphatic heterocycles. The standard InChI is InChI=1S/C25H21ClN2O5S/c1-12-8-9-13(2)17(10-12)20(29)18-19(15-6-5-7-16(26)11-15)28(23(31)21(18)30)25-27-14(3)22(34-25)24(32)33-4/h5-11,19,29H,1-4H3/b20-18+. The molecule has 1 saturated heterocycles. The maximum atomic E-state index is 13.3. The highest BCUT2D eigenvalue weighted by molar-refractivity contribution is 7.17. The largest absolute Gasteiger partial charge is 0.507 e. The number of esters is 1. The van der Waals surface area contributed by atoms with Crippen molar-refractivity contribution in [3.8, 4) is 0 Å². The Morgan fingerprint density at radius 2 is 1.88 bits per heavy atom. The van der Waals surface area contributed by atoms with Crippen LogP contribution in [0.15, 0.2) is 48.0 Å². The molecule has 2 aromatic carbocycles. The maximum Gasteiger partial charge on any atom is 0.350 e. The van der Waals surface area contributed by atoms with E-state index in [1.165, 1.54) is 12.0 Å². The molecule has 174 valence electrons. The second-order valence-electron chi connectivity index (χ2n) is 7.95. The third-order valence-electron chi connectivity index (χ3n) is 5.62. The van der Waals surface area contributed by atoms with Gasteiger partial charge >= 0.3 is 11.9 Å². The van der Waals surface area contributed by atoms with Gasteiger partial charge < -0.3 is 9.84 Å². The van der Waals surface area contributed by atoms with Crippen molar-refractivity contribution in [3.63, 3.8) is 0 Å². The molecule has 4 rings (SSSR count). The summed E-state index contributed by atoms with van der Waals surface area (Å²) in [5.74, 6) is -2.58. The zero-order valence-electron chi connectivity index (χ0n) is 18.9. The smallest absolute Gasteiger partial charge is 0.350 e. The summed E-state index contributed by atoms with van der Waals surface area (Å²) in [4.78, 5) is 44.5. The van der Waals surface area contributed by atoms with Crippen LogP contribution in [-0.4, -0.2) is 34.9 Å². The number of halogens is 1. The van der Waals surface area contributed by atoms with Crippen molar-refractivity contribution in [1.82, 2.24) is 4.98 Å². The summed E-state index contributed by atoms with van der Waals surface area (Å²) in [6.07, 6.45) is 0. The van der Waals surface area contributed by atoms with Gasteiger partial charge in [0, 0.05) is 10.6 Å². The van der Waals surface area contributed by atoms with Crippen molar-refractivity contribution in [2.24, 2.45) is 0 Å². The van der Waals surface area contributed by atoms with E-state index in [1.54, 1.807) is 37.3 Å². The Kier molecular flexibility index (Phi) is 6.29. The summed E-state index contributed by atoms with van der Waals surface area (Å²) in [5.41, 5.74) is 2.90. The highest BCUT2D eigenvalue weighted by Crippen LogP contribution is 2.44. The molecule has 0 radical (unpaired) electrons. The first-order chi connectivity index (χ1) is 16.1. The average molecular weight is 497 g/mol. The molecule has 1 amide bonds. The molecule has 1 fully saturated rings. The van der Waals surface area contributed by atoms with Crippen LogP contribution >= 0.6 is 22.9 Å². The quantitative estimate of drug-likeness (QED) is 0.232. The van der Waals surface area contributed by atoms with Gasteiger partial charge in [0.05, 0.1) is 24.4 Å². The lowest BCUT2D eigenvalue weighted by Gasteiger charge is -2.23. The van der Waals surface area contributed by atoms with Gasteiger partial charge in [0.2, 0.25) is 0 Å². The Labute approximate surface area is 205 Å². The van der Waals surface area contributed by atoms with Crippen LogP contribution in [0.1, 0.15) is 43.7 Å². The molecule has 2 heterocycles. The topological polar surface area (TPSA) is 96.8 Å². The predicted molar refractivity (Wildman–Crippen MR) is 130 cm³/mol. The molecule has 0 bridgehead atoms. The first-order valence-corrected chi connectivity index (χ1v) is 11.5. The number of carbonyl (C=O) groups excluding carboxylic acids is 3. The van der Waals surface area contributed by atoms with Crippen molar-refractivity contribution in [3.05, 3.63) is 85.9 Å². The highest BCUT2D eigenvalue weighted by Gasteiger charge is 2.48. The number of carbonyl (C=O) groups is 3. The fourth-order valence-corrected chi connectivity index (χ4v) is 5.14. The summed E-state index contributed by atoms with van der Waals surface area (Å²) < 4.78 is 4.80. The number of aliphatic hydroxyl groups is 1. The fraction of sp³-hybridized carbons (Fsp3) is 0.200. The van der Waals surface area contributed by atoms with E-state index < -0.39 is 23.7 Å². The number of ketones is 1. The number of nitrogens with zero attached hydrogens (tertiary/aromatic N) is 2. The predicted octanol–water partition coefficient (Wildman–Crippen LogP) is 5.13. The van der Waals surface area contributed by atoms with Gasteiger partial charge in [-0.2, -0.15) is 0 Å². The van der Waals surface area contributed by atoms with Crippen molar-refractivity contribution >= 4 is 51.5 Å². The zero-order valence-corrected chi connectivity index (χ0v) is 20.5. The molecule has 9 heteroatoms. The summed E-state index contributed by atoms with van der Waals surface area (Å²) in [6.45, 7) is 5.30. The van der Waals surface area contributed by atoms with Gasteiger partial charge in [-0.3, -0.25) is 14.5 Å². The lowest BCUT2D eigenvalue weighted by atomic mass is 9.93. The summed E-state index contributed by atoms with van der Waals surface area (Å²) in [7, 11) is 1.25. The van der Waals surface area contributed by atoms with E-state index in [4.69, 9.17) is 16.3 Å². The van der Waals surface area contributed by atoms with E-state index in [-0.39, 0.29) is 21.3 Å². The molecular formula is C25H21ClN2O5S. The van der Waals surface area contributed by atoms with Crippen LogP contribution in [-0.2, 0) is 14.3 Å². The summed E-state index contributed by atoms with van der Waals surface area (Å²) in [5, 5.41) is 11.9. The zero-order chi connectivity index (χ0) is 24.7. The number of aryl methyl sites for hydroxylation is 3. The third kappa shape index (κ3) is 3.99. The van der Waals surface area contributed by atoms with Crippen LogP contribution in [0.2, 0.25) is 5.02 Å². The minimum Gasteiger partial charge on any atom is -0.507 e. The van der Waals surface area contributed by atoms with Crippen molar-refractivity contribution in [2.75, 3.05) is 12.0 Å². The number of methoxy groups -OCH3 is 1. The lowest BCUT2D eigenvalue weighted by Crippen LogP contribution is -2.29. The number of benzene rings is 2. The van der Waals surface area contributed by atoms with Crippen LogP contribution in [0.25, 0.3) is 5.76 Å². The number of hydrogen-bond acceptors (Lipinski definition) is 7. The van der Waals surface area contributed by atoms with Gasteiger partial charge in [0.1, 0.15) is 10.6 Å². The van der Waals surface area contributed by atoms with Crippen LogP contribution in [0, 0.1) is 20.8 Å². The minimum absolute atomic E-state index is 0.0755. The molecule has 0 aliphatic carbocycles. The second kappa shape index (κ2) is 9.04. The highest BCUT2D eigenvalue weighted by atomic mass is 35.5. The number of hydrogen-bond donors (Lipinski definition) is 1. The molecule has 1 aliphatic rings. The lowest BCUT2D eigenvalue weighted by molar-refractivity contribution is -0.132. The number of rotatable bonds is 4. The number of amides is 1. The number of thiazole rings is 1. The number of Topliss-reactive ketones (excluding diaryl/α,β-unsaturated/α-hetero) is 1. The second-order valence-corrected chi connectivity index (χ2v) is 9.36. The Bertz CT molecular complexity index is 1380. The fourth-order valence-electron chi connectivity index (χ4n) is 3.93. The molecule has 0 saturated carbocycles. The Morgan fingerprint density at radius 3 is 2.56 bits per heavy atom. The number of aromatic nitrogens is 1. The van der Waals surface area contributed by atoms with E-state index in [0.717, 1.165) is 22.5 Å². The van der Waals surface area contributed by atoms with E-state index >= 15 is 0 Å². The molecule has 7 nitrogen and oxygen atoms in total. The van der Waals surface area contributed by atoms with E-state index in [9.17, 15) is 19.5 Å². The summed E-state index contributed by atoms with van der Waals surface area (Å²) in [6, 6.07) is 11.2. The molecule has 1 unspecified atom stereocenters. The van der Waals surface area contributed by atoms with Crippen LogP contribution in [0.4, 0.5) is 5.13 Å². The number of aliphatic hydroxyl groups excluding tert-OH is 1. The molecule has 1 aromatic heterocycles. The van der Waals surface area contributed by atoms with Crippen molar-refractivity contribution < 1.29 is 24.2 Å². The molecule has 3 aromatic rings. The molecule has 0 spiro atoms. The van der Waals surface area contributed by atoms with E-state index in [0.29, 0.717) is 21.8 Å². The third-order valence-corrected chi connectivity index (χ3v) is 6.99. The first-order valence-electron chi connectivity index (χ1n) is 10.3. The van der Waals surface area contributed by atoms with Gasteiger partial charge in [-0.25, -0.2) is 9.78 Å². The Morgan fingerprint density at radius 1 is 1.15 bits per heavy atom. The monoisotopic (exact) mass is 496 g/mol. The number of ether oxygens (including phenoxy) is 1.